The number of hydrogen-bond donors (Lipinski definition) is 1. The van der Waals surface area contributed by atoms with Crippen LogP contribution < -0.4 is 10.2 Å². The van der Waals surface area contributed by atoms with E-state index in [1.165, 1.54) is 0 Å². The van der Waals surface area contributed by atoms with Crippen molar-refractivity contribution in [1.82, 2.24) is 5.32 Å². The maximum Gasteiger partial charge on any atom is 0.414 e. The fraction of sp³-hybridized carbons (Fsp3) is 0.429. The fourth-order valence-corrected chi connectivity index (χ4v) is 2.29. The Bertz CT molecular complexity index is 528. The first-order valence-electron chi connectivity index (χ1n) is 6.65. The molecule has 1 saturated carbocycles. The normalized spacial score (nSPS) is 21.8. The van der Waals surface area contributed by atoms with Crippen LogP contribution in [0.2, 0.25) is 5.02 Å². The van der Waals surface area contributed by atoms with Gasteiger partial charge in [0.25, 0.3) is 0 Å². The van der Waals surface area contributed by atoms with Crippen LogP contribution in [-0.2, 0) is 9.53 Å². The second-order valence-corrected chi connectivity index (χ2v) is 5.55. The maximum absolute atomic E-state index is 11.8. The molecule has 2 fully saturated rings. The predicted octanol–water partition coefficient (Wildman–Crippen LogP) is 2.19. The second kappa shape index (κ2) is 5.32. The lowest BCUT2D eigenvalue weighted by atomic mass is 10.2. The van der Waals surface area contributed by atoms with Gasteiger partial charge in [0.1, 0.15) is 6.10 Å². The molecule has 0 aromatic heterocycles. The predicted molar refractivity (Wildman–Crippen MR) is 74.8 cm³/mol. The third-order valence-corrected chi connectivity index (χ3v) is 3.72. The van der Waals surface area contributed by atoms with Crippen LogP contribution in [0.1, 0.15) is 12.8 Å². The summed E-state index contributed by atoms with van der Waals surface area (Å²) in [7, 11) is 0. The van der Waals surface area contributed by atoms with Crippen molar-refractivity contribution >= 4 is 29.3 Å². The molecule has 3 rings (SSSR count). The van der Waals surface area contributed by atoms with Gasteiger partial charge in [-0.3, -0.25) is 9.69 Å². The van der Waals surface area contributed by atoms with Crippen LogP contribution in [0.15, 0.2) is 24.3 Å². The van der Waals surface area contributed by atoms with E-state index in [0.717, 1.165) is 18.5 Å². The van der Waals surface area contributed by atoms with Gasteiger partial charge in [-0.2, -0.15) is 0 Å². The van der Waals surface area contributed by atoms with Gasteiger partial charge >= 0.3 is 6.09 Å². The Labute approximate surface area is 121 Å². The van der Waals surface area contributed by atoms with Crippen LogP contribution in [0.3, 0.4) is 0 Å². The molecule has 1 N–H and O–H groups in total. The summed E-state index contributed by atoms with van der Waals surface area (Å²) in [6.45, 7) is 0.802. The Morgan fingerprint density at radius 2 is 2.05 bits per heavy atom. The Hall–Kier alpha value is -1.75. The van der Waals surface area contributed by atoms with Gasteiger partial charge in [0, 0.05) is 16.6 Å². The molecule has 1 aromatic carbocycles. The molecule has 1 heterocycles. The van der Waals surface area contributed by atoms with Crippen LogP contribution >= 0.6 is 11.6 Å². The summed E-state index contributed by atoms with van der Waals surface area (Å²) in [5.74, 6) is 0.227. The van der Waals surface area contributed by atoms with E-state index in [4.69, 9.17) is 16.3 Å². The van der Waals surface area contributed by atoms with Crippen LogP contribution in [0.25, 0.3) is 0 Å². The number of halogens is 1. The highest BCUT2D eigenvalue weighted by Gasteiger charge is 2.34. The Morgan fingerprint density at radius 1 is 1.35 bits per heavy atom. The number of hydrogen-bond acceptors (Lipinski definition) is 3. The van der Waals surface area contributed by atoms with Gasteiger partial charge < -0.3 is 10.1 Å². The monoisotopic (exact) mass is 294 g/mol. The smallest absolute Gasteiger partial charge is 0.414 e. The lowest BCUT2D eigenvalue weighted by Crippen LogP contribution is -2.35. The Morgan fingerprint density at radius 3 is 2.70 bits per heavy atom. The summed E-state index contributed by atoms with van der Waals surface area (Å²) in [5, 5.41) is 3.44. The van der Waals surface area contributed by atoms with Gasteiger partial charge in [0.05, 0.1) is 13.1 Å². The summed E-state index contributed by atoms with van der Waals surface area (Å²) in [4.78, 5) is 24.9. The molecule has 1 atom stereocenters. The number of amides is 2. The van der Waals surface area contributed by atoms with E-state index in [0.29, 0.717) is 18.1 Å². The molecule has 1 saturated heterocycles. The molecule has 20 heavy (non-hydrogen) atoms. The van der Waals surface area contributed by atoms with Gasteiger partial charge in [0.2, 0.25) is 5.91 Å². The zero-order valence-corrected chi connectivity index (χ0v) is 11.6. The van der Waals surface area contributed by atoms with Crippen molar-refractivity contribution < 1.29 is 14.3 Å². The van der Waals surface area contributed by atoms with Crippen LogP contribution in [0, 0.1) is 5.92 Å². The van der Waals surface area contributed by atoms with E-state index in [1.807, 2.05) is 0 Å². The first kappa shape index (κ1) is 13.2. The molecule has 0 radical (unpaired) electrons. The summed E-state index contributed by atoms with van der Waals surface area (Å²) in [6, 6.07) is 7.00. The second-order valence-electron chi connectivity index (χ2n) is 5.11. The largest absolute Gasteiger partial charge is 0.442 e. The van der Waals surface area contributed by atoms with Crippen molar-refractivity contribution in [3.05, 3.63) is 29.3 Å². The quantitative estimate of drug-likeness (QED) is 0.926. The van der Waals surface area contributed by atoms with E-state index in [1.54, 1.807) is 29.2 Å². The van der Waals surface area contributed by atoms with Crippen LogP contribution in [0.4, 0.5) is 10.5 Å². The Balaban J connectivity index is 1.57. The minimum absolute atomic E-state index is 0.0611. The number of carbonyl (C=O) groups is 2. The van der Waals surface area contributed by atoms with E-state index >= 15 is 0 Å². The summed E-state index contributed by atoms with van der Waals surface area (Å²) in [6.07, 6.45) is 1.24. The van der Waals surface area contributed by atoms with E-state index < -0.39 is 6.09 Å². The number of anilines is 1. The third kappa shape index (κ3) is 2.88. The molecule has 1 unspecified atom stereocenters. The number of ether oxygens (including phenoxy) is 1. The molecule has 0 bridgehead atoms. The highest BCUT2D eigenvalue weighted by molar-refractivity contribution is 6.30. The number of carbonyl (C=O) groups excluding carboxylic acids is 2. The molecule has 1 aliphatic heterocycles. The fourth-order valence-electron chi connectivity index (χ4n) is 2.16. The number of benzene rings is 1. The van der Waals surface area contributed by atoms with Crippen molar-refractivity contribution in [2.75, 3.05) is 18.0 Å². The highest BCUT2D eigenvalue weighted by Crippen LogP contribution is 2.29. The van der Waals surface area contributed by atoms with Crippen molar-refractivity contribution in [3.8, 4) is 0 Å². The Kier molecular flexibility index (Phi) is 3.53. The summed E-state index contributed by atoms with van der Waals surface area (Å²) >= 11 is 5.82. The number of rotatable bonds is 4. The lowest BCUT2D eigenvalue weighted by molar-refractivity contribution is -0.122. The van der Waals surface area contributed by atoms with Crippen molar-refractivity contribution in [2.45, 2.75) is 18.9 Å². The summed E-state index contributed by atoms with van der Waals surface area (Å²) in [5.41, 5.74) is 0.746. The number of nitrogens with zero attached hydrogens (tertiary/aromatic N) is 1. The SMILES string of the molecule is O=C(NCC1CN(c2ccc(Cl)cc2)C(=O)O1)C1CC1. The minimum Gasteiger partial charge on any atom is -0.442 e. The molecule has 1 aliphatic carbocycles. The van der Waals surface area contributed by atoms with Gasteiger partial charge in [-0.15, -0.1) is 0 Å². The van der Waals surface area contributed by atoms with Crippen LogP contribution in [0.5, 0.6) is 0 Å². The van der Waals surface area contributed by atoms with E-state index in [-0.39, 0.29) is 17.9 Å². The standard InChI is InChI=1S/C14H15ClN2O3/c15-10-3-5-11(6-4-10)17-8-12(20-14(17)19)7-16-13(18)9-1-2-9/h3-6,9,12H,1-2,7-8H2,(H,16,18). The maximum atomic E-state index is 11.8. The van der Waals surface area contributed by atoms with Crippen molar-refractivity contribution in [1.29, 1.82) is 0 Å². The molecule has 106 valence electrons. The average molecular weight is 295 g/mol. The zero-order valence-electron chi connectivity index (χ0n) is 10.8. The molecular formula is C14H15ClN2O3. The number of cyclic esters (lactones) is 1. The van der Waals surface area contributed by atoms with Crippen molar-refractivity contribution in [3.63, 3.8) is 0 Å². The van der Waals surface area contributed by atoms with Crippen LogP contribution in [-0.4, -0.2) is 31.2 Å². The topological polar surface area (TPSA) is 58.6 Å². The average Bonchev–Trinajstić information content (AvgIpc) is 3.21. The van der Waals surface area contributed by atoms with E-state index in [2.05, 4.69) is 5.32 Å². The molecule has 0 spiro atoms. The van der Waals surface area contributed by atoms with Gasteiger partial charge in [-0.05, 0) is 37.1 Å². The molecule has 2 amide bonds. The molecule has 1 aromatic rings. The highest BCUT2D eigenvalue weighted by atomic mass is 35.5. The van der Waals surface area contributed by atoms with Gasteiger partial charge in [0.15, 0.2) is 0 Å². The zero-order chi connectivity index (χ0) is 14.1. The minimum atomic E-state index is -0.391. The van der Waals surface area contributed by atoms with Gasteiger partial charge in [-0.25, -0.2) is 4.79 Å². The molecule has 6 heteroatoms. The first-order chi connectivity index (χ1) is 9.63. The first-order valence-corrected chi connectivity index (χ1v) is 7.03. The third-order valence-electron chi connectivity index (χ3n) is 3.46. The van der Waals surface area contributed by atoms with Gasteiger partial charge in [-0.1, -0.05) is 11.6 Å². The molecule has 2 aliphatic rings. The molecule has 5 nitrogen and oxygen atoms in total. The lowest BCUT2D eigenvalue weighted by Gasteiger charge is -2.13. The molecular weight excluding hydrogens is 280 g/mol. The van der Waals surface area contributed by atoms with Crippen molar-refractivity contribution in [2.24, 2.45) is 5.92 Å². The van der Waals surface area contributed by atoms with E-state index in [9.17, 15) is 9.59 Å². The number of nitrogens with one attached hydrogen (secondary N) is 1. The summed E-state index contributed by atoms with van der Waals surface area (Å²) < 4.78 is 5.25.